The maximum absolute atomic E-state index is 12.0. The lowest BCUT2D eigenvalue weighted by Gasteiger charge is -2.26. The molecule has 1 aliphatic rings. The standard InChI is InChI=1S/C10H16N4O.ClH/c1-7-8(2)12-13-9(7)10(15)14-5-3-11-4-6-14;/h11H,3-6H2,1-2H3,(H,12,13);1H. The normalized spacial score (nSPS) is 15.8. The molecule has 0 spiro atoms. The van der Waals surface area contributed by atoms with Crippen LogP contribution in [0.3, 0.4) is 0 Å². The van der Waals surface area contributed by atoms with Gasteiger partial charge in [0.25, 0.3) is 5.91 Å². The number of nitrogens with one attached hydrogen (secondary N) is 2. The van der Waals surface area contributed by atoms with Crippen LogP contribution >= 0.6 is 12.4 Å². The van der Waals surface area contributed by atoms with Gasteiger partial charge in [0.2, 0.25) is 0 Å². The molecule has 1 aromatic heterocycles. The number of aromatic nitrogens is 2. The zero-order valence-electron chi connectivity index (χ0n) is 9.54. The number of piperazine rings is 1. The topological polar surface area (TPSA) is 61.0 Å². The minimum absolute atomic E-state index is 0. The first-order chi connectivity index (χ1) is 7.20. The summed E-state index contributed by atoms with van der Waals surface area (Å²) in [6.45, 7) is 7.13. The number of carbonyl (C=O) groups excluding carboxylic acids is 1. The van der Waals surface area contributed by atoms with Crippen LogP contribution in [-0.4, -0.2) is 47.2 Å². The highest BCUT2D eigenvalue weighted by Gasteiger charge is 2.22. The number of nitrogens with zero attached hydrogens (tertiary/aromatic N) is 2. The fraction of sp³-hybridized carbons (Fsp3) is 0.600. The predicted octanol–water partition coefficient (Wildman–Crippen LogP) is 0.494. The maximum Gasteiger partial charge on any atom is 0.274 e. The summed E-state index contributed by atoms with van der Waals surface area (Å²) in [5, 5.41) is 10.1. The highest BCUT2D eigenvalue weighted by atomic mass is 35.5. The molecule has 1 saturated heterocycles. The second kappa shape index (κ2) is 5.32. The molecule has 16 heavy (non-hydrogen) atoms. The quantitative estimate of drug-likeness (QED) is 0.756. The van der Waals surface area contributed by atoms with E-state index in [1.165, 1.54) is 0 Å². The molecule has 0 radical (unpaired) electrons. The van der Waals surface area contributed by atoms with Crippen LogP contribution in [0, 0.1) is 13.8 Å². The molecular weight excluding hydrogens is 228 g/mol. The van der Waals surface area contributed by atoms with Gasteiger partial charge in [-0.15, -0.1) is 12.4 Å². The van der Waals surface area contributed by atoms with E-state index in [2.05, 4.69) is 15.5 Å². The number of hydrogen-bond acceptors (Lipinski definition) is 3. The Labute approximate surface area is 101 Å². The lowest BCUT2D eigenvalue weighted by molar-refractivity contribution is 0.0729. The van der Waals surface area contributed by atoms with Gasteiger partial charge in [0.15, 0.2) is 5.69 Å². The molecule has 0 atom stereocenters. The van der Waals surface area contributed by atoms with E-state index in [0.717, 1.165) is 37.4 Å². The van der Waals surface area contributed by atoms with Crippen LogP contribution in [0.2, 0.25) is 0 Å². The Morgan fingerprint density at radius 1 is 1.31 bits per heavy atom. The van der Waals surface area contributed by atoms with Crippen LogP contribution in [0.15, 0.2) is 0 Å². The van der Waals surface area contributed by atoms with Crippen LogP contribution in [0.1, 0.15) is 21.7 Å². The third kappa shape index (κ3) is 2.36. The van der Waals surface area contributed by atoms with Crippen LogP contribution < -0.4 is 5.32 Å². The average Bonchev–Trinajstić information content (AvgIpc) is 2.60. The zero-order valence-corrected chi connectivity index (χ0v) is 10.4. The van der Waals surface area contributed by atoms with Gasteiger partial charge in [0, 0.05) is 37.4 Å². The van der Waals surface area contributed by atoms with E-state index in [9.17, 15) is 4.79 Å². The minimum atomic E-state index is 0. The largest absolute Gasteiger partial charge is 0.335 e. The van der Waals surface area contributed by atoms with E-state index in [1.807, 2.05) is 18.7 Å². The van der Waals surface area contributed by atoms with Gasteiger partial charge < -0.3 is 10.2 Å². The summed E-state index contributed by atoms with van der Waals surface area (Å²) in [5.41, 5.74) is 2.49. The molecule has 0 unspecified atom stereocenters. The third-order valence-corrected chi connectivity index (χ3v) is 2.86. The molecule has 0 aliphatic carbocycles. The monoisotopic (exact) mass is 244 g/mol. The first-order valence-electron chi connectivity index (χ1n) is 5.21. The molecule has 0 aromatic carbocycles. The zero-order chi connectivity index (χ0) is 10.8. The van der Waals surface area contributed by atoms with Crippen LogP contribution in [0.5, 0.6) is 0 Å². The number of aromatic amines is 1. The molecule has 1 amide bonds. The first kappa shape index (κ1) is 13.0. The Morgan fingerprint density at radius 2 is 1.94 bits per heavy atom. The van der Waals surface area contributed by atoms with Crippen molar-refractivity contribution in [1.82, 2.24) is 20.4 Å². The van der Waals surface area contributed by atoms with Crippen molar-refractivity contribution in [1.29, 1.82) is 0 Å². The van der Waals surface area contributed by atoms with Crippen molar-refractivity contribution in [3.63, 3.8) is 0 Å². The van der Waals surface area contributed by atoms with Crippen molar-refractivity contribution in [3.8, 4) is 0 Å². The predicted molar refractivity (Wildman–Crippen MR) is 64.1 cm³/mol. The maximum atomic E-state index is 12.0. The SMILES string of the molecule is Cc1[nH]nc(C(=O)N2CCNCC2)c1C.Cl. The molecular formula is C10H17ClN4O. The van der Waals surface area contributed by atoms with Crippen molar-refractivity contribution in [2.75, 3.05) is 26.2 Å². The summed E-state index contributed by atoms with van der Waals surface area (Å²) in [4.78, 5) is 13.9. The smallest absolute Gasteiger partial charge is 0.274 e. The molecule has 2 rings (SSSR count). The Balaban J connectivity index is 0.00000128. The summed E-state index contributed by atoms with van der Waals surface area (Å²) in [5.74, 6) is 0.0401. The molecule has 0 bridgehead atoms. The van der Waals surface area contributed by atoms with E-state index in [0.29, 0.717) is 5.69 Å². The van der Waals surface area contributed by atoms with Gasteiger partial charge in [0.05, 0.1) is 0 Å². The van der Waals surface area contributed by atoms with Gasteiger partial charge in [-0.05, 0) is 13.8 Å². The second-order valence-corrected chi connectivity index (χ2v) is 3.86. The molecule has 1 aromatic rings. The van der Waals surface area contributed by atoms with Gasteiger partial charge in [-0.1, -0.05) is 0 Å². The average molecular weight is 245 g/mol. The molecule has 90 valence electrons. The van der Waals surface area contributed by atoms with Crippen molar-refractivity contribution < 1.29 is 4.79 Å². The fourth-order valence-corrected chi connectivity index (χ4v) is 1.71. The molecule has 0 saturated carbocycles. The fourth-order valence-electron chi connectivity index (χ4n) is 1.71. The number of halogens is 1. The van der Waals surface area contributed by atoms with Crippen molar-refractivity contribution >= 4 is 18.3 Å². The minimum Gasteiger partial charge on any atom is -0.335 e. The Morgan fingerprint density at radius 3 is 2.44 bits per heavy atom. The molecule has 2 N–H and O–H groups in total. The summed E-state index contributed by atoms with van der Waals surface area (Å²) in [6, 6.07) is 0. The Bertz CT molecular complexity index is 371. The van der Waals surface area contributed by atoms with E-state index in [4.69, 9.17) is 0 Å². The van der Waals surface area contributed by atoms with Gasteiger partial charge in [-0.3, -0.25) is 9.89 Å². The number of hydrogen-bond donors (Lipinski definition) is 2. The van der Waals surface area contributed by atoms with E-state index in [-0.39, 0.29) is 18.3 Å². The van der Waals surface area contributed by atoms with Crippen LogP contribution in [-0.2, 0) is 0 Å². The molecule has 1 fully saturated rings. The van der Waals surface area contributed by atoms with E-state index >= 15 is 0 Å². The highest BCUT2D eigenvalue weighted by Crippen LogP contribution is 2.11. The Kier molecular flexibility index (Phi) is 4.32. The number of aryl methyl sites for hydroxylation is 1. The molecule has 1 aliphatic heterocycles. The summed E-state index contributed by atoms with van der Waals surface area (Å²) >= 11 is 0. The van der Waals surface area contributed by atoms with Crippen LogP contribution in [0.4, 0.5) is 0 Å². The van der Waals surface area contributed by atoms with E-state index in [1.54, 1.807) is 0 Å². The highest BCUT2D eigenvalue weighted by molar-refractivity contribution is 5.94. The second-order valence-electron chi connectivity index (χ2n) is 3.86. The van der Waals surface area contributed by atoms with Gasteiger partial charge in [-0.2, -0.15) is 5.10 Å². The van der Waals surface area contributed by atoms with Gasteiger partial charge >= 0.3 is 0 Å². The summed E-state index contributed by atoms with van der Waals surface area (Å²) in [6.07, 6.45) is 0. The third-order valence-electron chi connectivity index (χ3n) is 2.86. The Hall–Kier alpha value is -1.07. The van der Waals surface area contributed by atoms with Crippen molar-refractivity contribution in [3.05, 3.63) is 17.0 Å². The molecule has 2 heterocycles. The summed E-state index contributed by atoms with van der Waals surface area (Å²) in [7, 11) is 0. The molecule has 6 heteroatoms. The molecule has 5 nitrogen and oxygen atoms in total. The lowest BCUT2D eigenvalue weighted by Crippen LogP contribution is -2.46. The van der Waals surface area contributed by atoms with Crippen molar-refractivity contribution in [2.45, 2.75) is 13.8 Å². The first-order valence-corrected chi connectivity index (χ1v) is 5.21. The number of amides is 1. The van der Waals surface area contributed by atoms with Gasteiger partial charge in [-0.25, -0.2) is 0 Å². The van der Waals surface area contributed by atoms with Crippen LogP contribution in [0.25, 0.3) is 0 Å². The number of H-pyrrole nitrogens is 1. The van der Waals surface area contributed by atoms with Crippen molar-refractivity contribution in [2.24, 2.45) is 0 Å². The lowest BCUT2D eigenvalue weighted by atomic mass is 10.2. The van der Waals surface area contributed by atoms with Gasteiger partial charge in [0.1, 0.15) is 0 Å². The number of rotatable bonds is 1. The van der Waals surface area contributed by atoms with E-state index < -0.39 is 0 Å². The summed E-state index contributed by atoms with van der Waals surface area (Å²) < 4.78 is 0. The number of carbonyl (C=O) groups is 1.